The van der Waals surface area contributed by atoms with Crippen LogP contribution in [0, 0.1) is 5.92 Å². The van der Waals surface area contributed by atoms with Gasteiger partial charge in [0.2, 0.25) is 0 Å². The van der Waals surface area contributed by atoms with Crippen molar-refractivity contribution in [3.63, 3.8) is 0 Å². The lowest BCUT2D eigenvalue weighted by molar-refractivity contribution is 0.627. The Morgan fingerprint density at radius 3 is 2.81 bits per heavy atom. The smallest absolute Gasteiger partial charge is 0.168 e. The number of nitrogens with two attached hydrogens (primary N) is 1. The second-order valence-corrected chi connectivity index (χ2v) is 5.07. The Bertz CT molecular complexity index is 721. The Balaban J connectivity index is 1.97. The summed E-state index contributed by atoms with van der Waals surface area (Å²) in [6.07, 6.45) is 3.34. The molecule has 1 atom stereocenters. The van der Waals surface area contributed by atoms with Crippen LogP contribution in [0.15, 0.2) is 42.9 Å². The number of fused-ring (bicyclic) bond motifs is 1. The van der Waals surface area contributed by atoms with Gasteiger partial charge in [0, 0.05) is 6.54 Å². The molecule has 0 amide bonds. The molecular weight excluding hydrogens is 264 g/mol. The normalized spacial score (nSPS) is 12.5. The van der Waals surface area contributed by atoms with E-state index in [1.54, 1.807) is 12.5 Å². The molecule has 2 aromatic heterocycles. The van der Waals surface area contributed by atoms with Crippen LogP contribution in [0.2, 0.25) is 0 Å². The van der Waals surface area contributed by atoms with Crippen molar-refractivity contribution in [3.05, 3.63) is 42.9 Å². The predicted octanol–water partition coefficient (Wildman–Crippen LogP) is 1.82. The molecule has 0 spiro atoms. The van der Waals surface area contributed by atoms with E-state index in [0.717, 1.165) is 29.1 Å². The molecule has 0 fully saturated rings. The molecule has 0 saturated heterocycles. The SMILES string of the molecule is CC(CN)CNc1ncnc2c1cnn2-c1ccccc1. The minimum absolute atomic E-state index is 0.388. The summed E-state index contributed by atoms with van der Waals surface area (Å²) in [6, 6.07) is 9.93. The van der Waals surface area contributed by atoms with Gasteiger partial charge in [0.1, 0.15) is 12.1 Å². The van der Waals surface area contributed by atoms with Crippen molar-refractivity contribution in [3.8, 4) is 5.69 Å². The summed E-state index contributed by atoms with van der Waals surface area (Å²) in [4.78, 5) is 8.65. The summed E-state index contributed by atoms with van der Waals surface area (Å²) in [7, 11) is 0. The standard InChI is InChI=1S/C15H18N6/c1-11(7-16)8-17-14-13-9-20-21(15(13)19-10-18-14)12-5-3-2-4-6-12/h2-6,9-11H,7-8,16H2,1H3,(H,17,18,19). The maximum absolute atomic E-state index is 5.64. The number of aromatic nitrogens is 4. The molecule has 0 bridgehead atoms. The fourth-order valence-electron chi connectivity index (χ4n) is 2.10. The van der Waals surface area contributed by atoms with Crippen LogP contribution in [0.4, 0.5) is 5.82 Å². The Kier molecular flexibility index (Phi) is 3.79. The topological polar surface area (TPSA) is 81.7 Å². The van der Waals surface area contributed by atoms with Crippen LogP contribution in [0.25, 0.3) is 16.7 Å². The zero-order chi connectivity index (χ0) is 14.7. The van der Waals surface area contributed by atoms with Gasteiger partial charge in [-0.2, -0.15) is 5.10 Å². The fraction of sp³-hybridized carbons (Fsp3) is 0.267. The number of hydrogen-bond acceptors (Lipinski definition) is 5. The van der Waals surface area contributed by atoms with Crippen LogP contribution in [-0.2, 0) is 0 Å². The molecule has 6 heteroatoms. The van der Waals surface area contributed by atoms with E-state index in [9.17, 15) is 0 Å². The quantitative estimate of drug-likeness (QED) is 0.746. The van der Waals surface area contributed by atoms with E-state index in [2.05, 4.69) is 27.3 Å². The molecule has 3 N–H and O–H groups in total. The lowest BCUT2D eigenvalue weighted by Gasteiger charge is -2.11. The van der Waals surface area contributed by atoms with Crippen molar-refractivity contribution in [2.24, 2.45) is 11.7 Å². The highest BCUT2D eigenvalue weighted by atomic mass is 15.3. The highest BCUT2D eigenvalue weighted by Crippen LogP contribution is 2.21. The molecule has 2 heterocycles. The number of para-hydroxylation sites is 1. The summed E-state index contributed by atoms with van der Waals surface area (Å²) in [5, 5.41) is 8.65. The number of nitrogens with zero attached hydrogens (tertiary/aromatic N) is 4. The molecule has 1 unspecified atom stereocenters. The summed E-state index contributed by atoms with van der Waals surface area (Å²) in [5.41, 5.74) is 7.41. The first-order chi connectivity index (χ1) is 10.3. The van der Waals surface area contributed by atoms with Crippen molar-refractivity contribution in [1.29, 1.82) is 0 Å². The third kappa shape index (κ3) is 2.71. The van der Waals surface area contributed by atoms with Gasteiger partial charge in [-0.25, -0.2) is 14.6 Å². The number of rotatable bonds is 5. The van der Waals surface area contributed by atoms with Crippen LogP contribution in [0.1, 0.15) is 6.92 Å². The minimum Gasteiger partial charge on any atom is -0.369 e. The largest absolute Gasteiger partial charge is 0.369 e. The summed E-state index contributed by atoms with van der Waals surface area (Å²) >= 11 is 0. The molecule has 0 aliphatic rings. The van der Waals surface area contributed by atoms with E-state index in [4.69, 9.17) is 5.73 Å². The molecule has 21 heavy (non-hydrogen) atoms. The van der Waals surface area contributed by atoms with Crippen molar-refractivity contribution in [1.82, 2.24) is 19.7 Å². The van der Waals surface area contributed by atoms with Crippen molar-refractivity contribution >= 4 is 16.9 Å². The van der Waals surface area contributed by atoms with Gasteiger partial charge in [0.25, 0.3) is 0 Å². The molecule has 0 aliphatic carbocycles. The highest BCUT2D eigenvalue weighted by Gasteiger charge is 2.11. The van der Waals surface area contributed by atoms with Gasteiger partial charge >= 0.3 is 0 Å². The Morgan fingerprint density at radius 2 is 2.05 bits per heavy atom. The van der Waals surface area contributed by atoms with Gasteiger partial charge in [0.05, 0.1) is 17.3 Å². The first-order valence-corrected chi connectivity index (χ1v) is 6.97. The number of hydrogen-bond donors (Lipinski definition) is 2. The van der Waals surface area contributed by atoms with Gasteiger partial charge < -0.3 is 11.1 Å². The number of nitrogens with one attached hydrogen (secondary N) is 1. The van der Waals surface area contributed by atoms with Gasteiger partial charge in [-0.1, -0.05) is 25.1 Å². The van der Waals surface area contributed by atoms with Crippen molar-refractivity contribution in [2.45, 2.75) is 6.92 Å². The maximum Gasteiger partial charge on any atom is 0.168 e. The van der Waals surface area contributed by atoms with Gasteiger partial charge in [-0.3, -0.25) is 0 Å². The van der Waals surface area contributed by atoms with Gasteiger partial charge in [-0.15, -0.1) is 0 Å². The van der Waals surface area contributed by atoms with E-state index in [-0.39, 0.29) is 0 Å². The van der Waals surface area contributed by atoms with Gasteiger partial charge in [-0.05, 0) is 24.6 Å². The molecule has 0 saturated carbocycles. The van der Waals surface area contributed by atoms with E-state index < -0.39 is 0 Å². The Morgan fingerprint density at radius 1 is 1.24 bits per heavy atom. The monoisotopic (exact) mass is 282 g/mol. The van der Waals surface area contributed by atoms with Crippen molar-refractivity contribution < 1.29 is 0 Å². The van der Waals surface area contributed by atoms with E-state index in [1.807, 2.05) is 35.0 Å². The van der Waals surface area contributed by atoms with Crippen LogP contribution < -0.4 is 11.1 Å². The molecule has 3 rings (SSSR count). The lowest BCUT2D eigenvalue weighted by Crippen LogP contribution is -2.20. The van der Waals surface area contributed by atoms with E-state index in [0.29, 0.717) is 12.5 Å². The minimum atomic E-state index is 0.388. The number of benzene rings is 1. The second kappa shape index (κ2) is 5.88. The molecule has 6 nitrogen and oxygen atoms in total. The average molecular weight is 282 g/mol. The molecule has 1 aromatic carbocycles. The van der Waals surface area contributed by atoms with Gasteiger partial charge in [0.15, 0.2) is 5.65 Å². The third-order valence-corrected chi connectivity index (χ3v) is 3.39. The zero-order valence-electron chi connectivity index (χ0n) is 11.9. The third-order valence-electron chi connectivity index (χ3n) is 3.39. The van der Waals surface area contributed by atoms with E-state index >= 15 is 0 Å². The van der Waals surface area contributed by atoms with Crippen LogP contribution in [0.5, 0.6) is 0 Å². The fourth-order valence-corrected chi connectivity index (χ4v) is 2.10. The van der Waals surface area contributed by atoms with Crippen LogP contribution >= 0.6 is 0 Å². The Hall–Kier alpha value is -2.47. The first kappa shape index (κ1) is 13.5. The zero-order valence-corrected chi connectivity index (χ0v) is 11.9. The Labute approximate surface area is 123 Å². The average Bonchev–Trinajstić information content (AvgIpc) is 2.98. The van der Waals surface area contributed by atoms with E-state index in [1.165, 1.54) is 0 Å². The lowest BCUT2D eigenvalue weighted by atomic mass is 10.2. The van der Waals surface area contributed by atoms with Crippen LogP contribution in [0.3, 0.4) is 0 Å². The maximum atomic E-state index is 5.64. The second-order valence-electron chi connectivity index (χ2n) is 5.07. The summed E-state index contributed by atoms with van der Waals surface area (Å²) < 4.78 is 1.81. The first-order valence-electron chi connectivity index (χ1n) is 6.97. The highest BCUT2D eigenvalue weighted by molar-refractivity contribution is 5.87. The molecule has 108 valence electrons. The molecule has 3 aromatic rings. The van der Waals surface area contributed by atoms with Crippen LogP contribution in [-0.4, -0.2) is 32.8 Å². The molecule has 0 radical (unpaired) electrons. The molecule has 0 aliphatic heterocycles. The summed E-state index contributed by atoms with van der Waals surface area (Å²) in [6.45, 7) is 3.52. The van der Waals surface area contributed by atoms with Crippen molar-refractivity contribution in [2.75, 3.05) is 18.4 Å². The number of anilines is 1. The predicted molar refractivity (Wildman–Crippen MR) is 83.4 cm³/mol. The molecular formula is C15H18N6. The summed E-state index contributed by atoms with van der Waals surface area (Å²) in [5.74, 6) is 1.18.